The van der Waals surface area contributed by atoms with Crippen molar-refractivity contribution in [1.29, 1.82) is 0 Å². The van der Waals surface area contributed by atoms with Crippen LogP contribution in [0.2, 0.25) is 0 Å². The van der Waals surface area contributed by atoms with Gasteiger partial charge >= 0.3 is 0 Å². The van der Waals surface area contributed by atoms with Gasteiger partial charge in [-0.15, -0.1) is 0 Å². The molecule has 0 aliphatic carbocycles. The maximum Gasteiger partial charge on any atom is 0.240 e. The Bertz CT molecular complexity index is 495. The molecule has 0 amide bonds. The van der Waals surface area contributed by atoms with Crippen LogP contribution < -0.4 is 5.32 Å². The minimum Gasteiger partial charge on any atom is -0.338 e. The van der Waals surface area contributed by atoms with E-state index < -0.39 is 0 Å². The van der Waals surface area contributed by atoms with E-state index in [9.17, 15) is 0 Å². The van der Waals surface area contributed by atoms with Crippen LogP contribution in [0.1, 0.15) is 31.7 Å². The van der Waals surface area contributed by atoms with E-state index in [0.717, 1.165) is 30.5 Å². The standard InChI is InChI=1S/C13H18N4O/c1-3-6-14-9-12-16-13(17-18-12)11-5-7-15-8-10(11)4-2/h5,7-8,14H,3-4,6,9H2,1-2H3. The zero-order valence-corrected chi connectivity index (χ0v) is 10.8. The normalized spacial score (nSPS) is 10.8. The molecule has 2 heterocycles. The molecule has 0 radical (unpaired) electrons. The number of aromatic nitrogens is 3. The largest absolute Gasteiger partial charge is 0.338 e. The van der Waals surface area contributed by atoms with Crippen molar-refractivity contribution < 1.29 is 4.52 Å². The summed E-state index contributed by atoms with van der Waals surface area (Å²) in [5.74, 6) is 1.26. The fraction of sp³-hybridized carbons (Fsp3) is 0.462. The second-order valence-electron chi connectivity index (χ2n) is 4.07. The molecule has 5 nitrogen and oxygen atoms in total. The molecule has 0 atom stereocenters. The van der Waals surface area contributed by atoms with Crippen LogP contribution in [0.15, 0.2) is 23.0 Å². The van der Waals surface area contributed by atoms with Gasteiger partial charge in [-0.05, 0) is 31.0 Å². The first-order valence-corrected chi connectivity index (χ1v) is 6.31. The molecular weight excluding hydrogens is 228 g/mol. The summed E-state index contributed by atoms with van der Waals surface area (Å²) < 4.78 is 5.22. The Labute approximate surface area is 107 Å². The molecule has 0 unspecified atom stereocenters. The molecule has 0 bridgehead atoms. The van der Waals surface area contributed by atoms with Gasteiger partial charge < -0.3 is 9.84 Å². The lowest BCUT2D eigenvalue weighted by Gasteiger charge is -2.01. The Morgan fingerprint density at radius 1 is 1.33 bits per heavy atom. The number of hydrogen-bond donors (Lipinski definition) is 1. The Balaban J connectivity index is 2.13. The summed E-state index contributed by atoms with van der Waals surface area (Å²) in [4.78, 5) is 8.50. The zero-order chi connectivity index (χ0) is 12.8. The topological polar surface area (TPSA) is 63.8 Å². The third-order valence-electron chi connectivity index (χ3n) is 2.70. The predicted molar refractivity (Wildman–Crippen MR) is 68.9 cm³/mol. The van der Waals surface area contributed by atoms with Gasteiger partial charge in [0.2, 0.25) is 11.7 Å². The van der Waals surface area contributed by atoms with Crippen molar-refractivity contribution in [1.82, 2.24) is 20.4 Å². The minimum absolute atomic E-state index is 0.618. The molecule has 18 heavy (non-hydrogen) atoms. The van der Waals surface area contributed by atoms with E-state index >= 15 is 0 Å². The molecule has 2 aromatic rings. The average Bonchev–Trinajstić information content (AvgIpc) is 2.88. The monoisotopic (exact) mass is 246 g/mol. The van der Waals surface area contributed by atoms with Crippen molar-refractivity contribution in [2.45, 2.75) is 33.2 Å². The lowest BCUT2D eigenvalue weighted by atomic mass is 10.1. The van der Waals surface area contributed by atoms with E-state index in [0.29, 0.717) is 18.3 Å². The fourth-order valence-electron chi connectivity index (χ4n) is 1.74. The SMILES string of the molecule is CCCNCc1nc(-c2ccncc2CC)no1. The van der Waals surface area contributed by atoms with Gasteiger partial charge in [0.15, 0.2) is 0 Å². The molecule has 0 aromatic carbocycles. The van der Waals surface area contributed by atoms with Gasteiger partial charge in [-0.2, -0.15) is 4.98 Å². The second kappa shape index (κ2) is 6.26. The summed E-state index contributed by atoms with van der Waals surface area (Å²) in [7, 11) is 0. The predicted octanol–water partition coefficient (Wildman–Crippen LogP) is 2.19. The molecule has 0 saturated heterocycles. The Morgan fingerprint density at radius 3 is 3.00 bits per heavy atom. The van der Waals surface area contributed by atoms with Crippen LogP contribution in [0.5, 0.6) is 0 Å². The molecule has 5 heteroatoms. The van der Waals surface area contributed by atoms with E-state index in [1.54, 1.807) is 6.20 Å². The van der Waals surface area contributed by atoms with E-state index in [2.05, 4.69) is 34.3 Å². The summed E-state index contributed by atoms with van der Waals surface area (Å²) in [5.41, 5.74) is 2.13. The highest BCUT2D eigenvalue weighted by Crippen LogP contribution is 2.20. The van der Waals surface area contributed by atoms with Crippen LogP contribution in [0, 0.1) is 0 Å². The maximum atomic E-state index is 5.22. The molecular formula is C13H18N4O. The number of nitrogens with one attached hydrogen (secondary N) is 1. The Kier molecular flexibility index (Phi) is 4.41. The molecule has 1 N–H and O–H groups in total. The molecule has 0 aliphatic rings. The van der Waals surface area contributed by atoms with Crippen molar-refractivity contribution >= 4 is 0 Å². The van der Waals surface area contributed by atoms with Crippen LogP contribution >= 0.6 is 0 Å². The van der Waals surface area contributed by atoms with Crippen LogP contribution in [0.3, 0.4) is 0 Å². The third kappa shape index (κ3) is 2.92. The summed E-state index contributed by atoms with van der Waals surface area (Å²) >= 11 is 0. The molecule has 0 fully saturated rings. The van der Waals surface area contributed by atoms with Crippen molar-refractivity contribution in [2.24, 2.45) is 0 Å². The molecule has 0 aliphatic heterocycles. The van der Waals surface area contributed by atoms with E-state index in [-0.39, 0.29) is 0 Å². The van der Waals surface area contributed by atoms with Crippen LogP contribution in [0.25, 0.3) is 11.4 Å². The van der Waals surface area contributed by atoms with Gasteiger partial charge in [0, 0.05) is 18.0 Å². The Hall–Kier alpha value is -1.75. The van der Waals surface area contributed by atoms with E-state index in [1.807, 2.05) is 12.3 Å². The van der Waals surface area contributed by atoms with E-state index in [4.69, 9.17) is 4.52 Å². The lowest BCUT2D eigenvalue weighted by Crippen LogP contribution is -2.13. The summed E-state index contributed by atoms with van der Waals surface area (Å²) in [6.45, 7) is 5.78. The minimum atomic E-state index is 0.618. The van der Waals surface area contributed by atoms with Crippen molar-refractivity contribution in [2.75, 3.05) is 6.54 Å². The summed E-state index contributed by atoms with van der Waals surface area (Å²) in [6.07, 6.45) is 5.59. The van der Waals surface area contributed by atoms with Crippen LogP contribution in [0.4, 0.5) is 0 Å². The van der Waals surface area contributed by atoms with Crippen molar-refractivity contribution in [3.05, 3.63) is 29.9 Å². The summed E-state index contributed by atoms with van der Waals surface area (Å²) in [6, 6.07) is 1.92. The molecule has 0 spiro atoms. The van der Waals surface area contributed by atoms with Gasteiger partial charge in [-0.3, -0.25) is 4.98 Å². The molecule has 2 aromatic heterocycles. The number of aryl methyl sites for hydroxylation is 1. The van der Waals surface area contributed by atoms with Crippen LogP contribution in [-0.4, -0.2) is 21.7 Å². The van der Waals surface area contributed by atoms with Gasteiger partial charge in [0.25, 0.3) is 0 Å². The average molecular weight is 246 g/mol. The maximum absolute atomic E-state index is 5.22. The quantitative estimate of drug-likeness (QED) is 0.791. The molecule has 96 valence electrons. The number of pyridine rings is 1. The third-order valence-corrected chi connectivity index (χ3v) is 2.70. The second-order valence-corrected chi connectivity index (χ2v) is 4.07. The van der Waals surface area contributed by atoms with Gasteiger partial charge in [-0.25, -0.2) is 0 Å². The molecule has 2 rings (SSSR count). The number of rotatable bonds is 6. The smallest absolute Gasteiger partial charge is 0.240 e. The lowest BCUT2D eigenvalue weighted by molar-refractivity contribution is 0.368. The fourth-order valence-corrected chi connectivity index (χ4v) is 1.74. The van der Waals surface area contributed by atoms with Gasteiger partial charge in [0.1, 0.15) is 0 Å². The van der Waals surface area contributed by atoms with Crippen molar-refractivity contribution in [3.8, 4) is 11.4 Å². The number of nitrogens with zero attached hydrogens (tertiary/aromatic N) is 3. The highest BCUT2D eigenvalue weighted by Gasteiger charge is 2.11. The summed E-state index contributed by atoms with van der Waals surface area (Å²) in [5, 5.41) is 7.26. The first-order valence-electron chi connectivity index (χ1n) is 6.31. The first kappa shape index (κ1) is 12.7. The Morgan fingerprint density at radius 2 is 2.22 bits per heavy atom. The highest BCUT2D eigenvalue weighted by atomic mass is 16.5. The van der Waals surface area contributed by atoms with Gasteiger partial charge in [-0.1, -0.05) is 19.0 Å². The highest BCUT2D eigenvalue weighted by molar-refractivity contribution is 5.58. The molecule has 0 saturated carbocycles. The first-order chi connectivity index (χ1) is 8.85. The van der Waals surface area contributed by atoms with Crippen molar-refractivity contribution in [3.63, 3.8) is 0 Å². The van der Waals surface area contributed by atoms with Crippen LogP contribution in [-0.2, 0) is 13.0 Å². The zero-order valence-electron chi connectivity index (χ0n) is 10.8. The van der Waals surface area contributed by atoms with E-state index in [1.165, 1.54) is 0 Å². The van der Waals surface area contributed by atoms with Gasteiger partial charge in [0.05, 0.1) is 6.54 Å². The number of hydrogen-bond acceptors (Lipinski definition) is 5.